The van der Waals surface area contributed by atoms with E-state index in [0.29, 0.717) is 37.2 Å². The minimum absolute atomic E-state index is 0.241. The van der Waals surface area contributed by atoms with Gasteiger partial charge in [0.05, 0.1) is 0 Å². The van der Waals surface area contributed by atoms with Crippen molar-refractivity contribution >= 4 is 17.5 Å². The SMILES string of the molecule is CCOCc1nc(N)cc(NCCC(N)=O)n1. The summed E-state index contributed by atoms with van der Waals surface area (Å²) in [7, 11) is 0. The van der Waals surface area contributed by atoms with Crippen molar-refractivity contribution in [2.24, 2.45) is 5.73 Å². The van der Waals surface area contributed by atoms with E-state index in [9.17, 15) is 4.79 Å². The zero-order valence-corrected chi connectivity index (χ0v) is 9.77. The van der Waals surface area contributed by atoms with Crippen LogP contribution in [0.4, 0.5) is 11.6 Å². The molecular formula is C10H17N5O2. The third kappa shape index (κ3) is 5.12. The fraction of sp³-hybridized carbons (Fsp3) is 0.500. The number of amides is 1. The van der Waals surface area contributed by atoms with Crippen LogP contribution in [0.3, 0.4) is 0 Å². The van der Waals surface area contributed by atoms with E-state index in [0.717, 1.165) is 0 Å². The molecule has 1 aromatic rings. The highest BCUT2D eigenvalue weighted by Crippen LogP contribution is 2.09. The van der Waals surface area contributed by atoms with Crippen LogP contribution in [0, 0.1) is 0 Å². The third-order valence-electron chi connectivity index (χ3n) is 1.91. The molecule has 0 bridgehead atoms. The van der Waals surface area contributed by atoms with Crippen LogP contribution in [0.1, 0.15) is 19.2 Å². The highest BCUT2D eigenvalue weighted by Gasteiger charge is 2.03. The molecule has 94 valence electrons. The highest BCUT2D eigenvalue weighted by molar-refractivity contribution is 5.74. The van der Waals surface area contributed by atoms with Gasteiger partial charge in [-0.2, -0.15) is 0 Å². The van der Waals surface area contributed by atoms with E-state index in [1.807, 2.05) is 6.92 Å². The van der Waals surface area contributed by atoms with Gasteiger partial charge in [-0.25, -0.2) is 9.97 Å². The number of hydrogen-bond donors (Lipinski definition) is 3. The molecule has 0 radical (unpaired) electrons. The highest BCUT2D eigenvalue weighted by atomic mass is 16.5. The fourth-order valence-corrected chi connectivity index (χ4v) is 1.18. The number of carbonyl (C=O) groups excluding carboxylic acids is 1. The maximum absolute atomic E-state index is 10.6. The second-order valence-electron chi connectivity index (χ2n) is 3.37. The van der Waals surface area contributed by atoms with Gasteiger partial charge in [0.1, 0.15) is 18.2 Å². The lowest BCUT2D eigenvalue weighted by Crippen LogP contribution is -2.16. The number of hydrogen-bond acceptors (Lipinski definition) is 6. The van der Waals surface area contributed by atoms with Crippen molar-refractivity contribution < 1.29 is 9.53 Å². The fourth-order valence-electron chi connectivity index (χ4n) is 1.18. The van der Waals surface area contributed by atoms with Crippen molar-refractivity contribution in [3.63, 3.8) is 0 Å². The summed E-state index contributed by atoms with van der Waals surface area (Å²) in [5.41, 5.74) is 10.7. The van der Waals surface area contributed by atoms with Gasteiger partial charge in [0.25, 0.3) is 0 Å². The molecule has 0 aliphatic rings. The maximum Gasteiger partial charge on any atom is 0.219 e. The van der Waals surface area contributed by atoms with E-state index in [1.165, 1.54) is 0 Å². The number of nitrogens with two attached hydrogens (primary N) is 2. The number of primary amides is 1. The van der Waals surface area contributed by atoms with Crippen LogP contribution in [0.5, 0.6) is 0 Å². The molecule has 0 saturated carbocycles. The number of nitrogens with one attached hydrogen (secondary N) is 1. The summed E-state index contributed by atoms with van der Waals surface area (Å²) >= 11 is 0. The largest absolute Gasteiger partial charge is 0.384 e. The Morgan fingerprint density at radius 1 is 1.53 bits per heavy atom. The zero-order valence-electron chi connectivity index (χ0n) is 9.77. The maximum atomic E-state index is 10.6. The van der Waals surface area contributed by atoms with Gasteiger partial charge < -0.3 is 21.5 Å². The van der Waals surface area contributed by atoms with E-state index in [-0.39, 0.29) is 12.3 Å². The van der Waals surface area contributed by atoms with Crippen molar-refractivity contribution in [1.82, 2.24) is 9.97 Å². The molecular weight excluding hydrogens is 222 g/mol. The van der Waals surface area contributed by atoms with Gasteiger partial charge in [0, 0.05) is 25.6 Å². The smallest absolute Gasteiger partial charge is 0.219 e. The summed E-state index contributed by atoms with van der Waals surface area (Å²) in [6, 6.07) is 1.59. The van der Waals surface area contributed by atoms with Gasteiger partial charge in [-0.1, -0.05) is 0 Å². The number of carbonyl (C=O) groups is 1. The molecule has 0 fully saturated rings. The van der Waals surface area contributed by atoms with Gasteiger partial charge in [-0.05, 0) is 6.92 Å². The van der Waals surface area contributed by atoms with Gasteiger partial charge in [-0.15, -0.1) is 0 Å². The second kappa shape index (κ2) is 6.64. The topological polar surface area (TPSA) is 116 Å². The Morgan fingerprint density at radius 3 is 2.94 bits per heavy atom. The van der Waals surface area contributed by atoms with E-state index < -0.39 is 0 Å². The lowest BCUT2D eigenvalue weighted by atomic mass is 10.4. The Kier molecular flexibility index (Phi) is 5.15. The first kappa shape index (κ1) is 13.2. The first-order valence-electron chi connectivity index (χ1n) is 5.35. The third-order valence-corrected chi connectivity index (χ3v) is 1.91. The predicted molar refractivity (Wildman–Crippen MR) is 64.1 cm³/mol. The number of aromatic nitrogens is 2. The van der Waals surface area contributed by atoms with Crippen molar-refractivity contribution in [2.45, 2.75) is 20.0 Å². The summed E-state index contributed by atoms with van der Waals surface area (Å²) in [6.45, 7) is 3.20. The molecule has 1 aromatic heterocycles. The molecule has 0 saturated heterocycles. The predicted octanol–water partition coefficient (Wildman–Crippen LogP) is -0.117. The van der Waals surface area contributed by atoms with Crippen molar-refractivity contribution in [3.8, 4) is 0 Å². The molecule has 7 nitrogen and oxygen atoms in total. The lowest BCUT2D eigenvalue weighted by Gasteiger charge is -2.07. The van der Waals surface area contributed by atoms with E-state index in [1.54, 1.807) is 6.07 Å². The van der Waals surface area contributed by atoms with Crippen molar-refractivity contribution in [2.75, 3.05) is 24.2 Å². The van der Waals surface area contributed by atoms with Gasteiger partial charge in [-0.3, -0.25) is 4.79 Å². The molecule has 0 aromatic carbocycles. The number of rotatable bonds is 7. The molecule has 7 heteroatoms. The van der Waals surface area contributed by atoms with Crippen LogP contribution < -0.4 is 16.8 Å². The van der Waals surface area contributed by atoms with Crippen molar-refractivity contribution in [1.29, 1.82) is 0 Å². The Bertz CT molecular complexity index is 383. The Balaban J connectivity index is 2.58. The van der Waals surface area contributed by atoms with E-state index in [2.05, 4.69) is 15.3 Å². The molecule has 0 aliphatic carbocycles. The number of nitrogens with zero attached hydrogens (tertiary/aromatic N) is 2. The number of ether oxygens (including phenoxy) is 1. The molecule has 5 N–H and O–H groups in total. The molecule has 0 atom stereocenters. The molecule has 0 aliphatic heterocycles. The van der Waals surface area contributed by atoms with E-state index in [4.69, 9.17) is 16.2 Å². The van der Waals surface area contributed by atoms with Gasteiger partial charge in [0.15, 0.2) is 5.82 Å². The quantitative estimate of drug-likeness (QED) is 0.611. The monoisotopic (exact) mass is 239 g/mol. The zero-order chi connectivity index (χ0) is 12.7. The van der Waals surface area contributed by atoms with Crippen molar-refractivity contribution in [3.05, 3.63) is 11.9 Å². The Morgan fingerprint density at radius 2 is 2.29 bits per heavy atom. The first-order chi connectivity index (χ1) is 8.11. The molecule has 1 heterocycles. The summed E-state index contributed by atoms with van der Waals surface area (Å²) in [5.74, 6) is 1.06. The number of anilines is 2. The van der Waals surface area contributed by atoms with Crippen LogP contribution in [0.2, 0.25) is 0 Å². The normalized spacial score (nSPS) is 10.2. The van der Waals surface area contributed by atoms with Gasteiger partial charge >= 0.3 is 0 Å². The van der Waals surface area contributed by atoms with Gasteiger partial charge in [0.2, 0.25) is 5.91 Å². The molecule has 1 amide bonds. The van der Waals surface area contributed by atoms with Crippen LogP contribution >= 0.6 is 0 Å². The Hall–Kier alpha value is -1.89. The molecule has 0 unspecified atom stereocenters. The van der Waals surface area contributed by atoms with Crippen LogP contribution in [-0.4, -0.2) is 29.0 Å². The standard InChI is InChI=1S/C10H17N5O2/c1-2-17-6-10-14-7(11)5-9(15-10)13-4-3-8(12)16/h5H,2-4,6H2,1H3,(H2,12,16)(H3,11,13,14,15). The summed E-state index contributed by atoms with van der Waals surface area (Å²) in [6.07, 6.45) is 0.241. The number of nitrogen functional groups attached to an aromatic ring is 1. The summed E-state index contributed by atoms with van der Waals surface area (Å²) in [5, 5.41) is 2.95. The minimum Gasteiger partial charge on any atom is -0.384 e. The molecule has 0 spiro atoms. The van der Waals surface area contributed by atoms with E-state index >= 15 is 0 Å². The first-order valence-corrected chi connectivity index (χ1v) is 5.35. The minimum atomic E-state index is -0.367. The average Bonchev–Trinajstić information content (AvgIpc) is 2.25. The Labute approximate surface area is 99.6 Å². The van der Waals surface area contributed by atoms with Crippen LogP contribution in [-0.2, 0) is 16.1 Å². The molecule has 1 rings (SSSR count). The van der Waals surface area contributed by atoms with Crippen LogP contribution in [0.15, 0.2) is 6.07 Å². The second-order valence-corrected chi connectivity index (χ2v) is 3.37. The average molecular weight is 239 g/mol. The molecule has 17 heavy (non-hydrogen) atoms. The summed E-state index contributed by atoms with van der Waals surface area (Å²) in [4.78, 5) is 18.8. The van der Waals surface area contributed by atoms with Crippen LogP contribution in [0.25, 0.3) is 0 Å². The lowest BCUT2D eigenvalue weighted by molar-refractivity contribution is -0.117. The summed E-state index contributed by atoms with van der Waals surface area (Å²) < 4.78 is 5.19.